The summed E-state index contributed by atoms with van der Waals surface area (Å²) in [5.74, 6) is -2.04. The molecular formula is C18H14N4Na2O10S3. The van der Waals surface area contributed by atoms with Gasteiger partial charge in [-0.1, -0.05) is 5.75 Å². The molecular weight excluding hydrogens is 574 g/mol. The molecule has 0 radical (unpaired) electrons. The van der Waals surface area contributed by atoms with E-state index in [1.54, 1.807) is 0 Å². The van der Waals surface area contributed by atoms with Crippen molar-refractivity contribution in [2.45, 2.75) is 21.6 Å². The third kappa shape index (κ3) is 8.01. The monoisotopic (exact) mass is 588 g/mol. The van der Waals surface area contributed by atoms with Gasteiger partial charge in [0.15, 0.2) is 0 Å². The topological polar surface area (TPSA) is 252 Å². The second-order valence-corrected chi connectivity index (χ2v) is 11.3. The summed E-state index contributed by atoms with van der Waals surface area (Å²) in [6, 6.07) is 6.61. The van der Waals surface area contributed by atoms with Crippen LogP contribution in [-0.4, -0.2) is 40.3 Å². The summed E-state index contributed by atoms with van der Waals surface area (Å²) in [7, 11) is -14.0. The van der Waals surface area contributed by atoms with Gasteiger partial charge in [-0.3, -0.25) is 14.1 Å². The number of nitrogens with zero attached hydrogens (tertiary/aromatic N) is 3. The van der Waals surface area contributed by atoms with Crippen LogP contribution in [0.5, 0.6) is 5.75 Å². The smallest absolute Gasteiger partial charge is 0.870 e. The van der Waals surface area contributed by atoms with Crippen molar-refractivity contribution >= 4 is 64.0 Å². The molecule has 0 aliphatic heterocycles. The molecule has 0 aliphatic carbocycles. The maximum Gasteiger partial charge on any atom is 1.00 e. The zero-order chi connectivity index (χ0) is 26.3. The van der Waals surface area contributed by atoms with Crippen molar-refractivity contribution in [2.75, 3.05) is 0 Å². The molecule has 0 fully saturated rings. The summed E-state index contributed by atoms with van der Waals surface area (Å²) >= 11 is 0. The fourth-order valence-corrected chi connectivity index (χ4v) is 4.64. The molecule has 3 rings (SSSR count). The number of primary sulfonamides is 1. The second kappa shape index (κ2) is 12.1. The minimum Gasteiger partial charge on any atom is -0.870 e. The molecule has 186 valence electrons. The van der Waals surface area contributed by atoms with Crippen molar-refractivity contribution in [3.05, 3.63) is 42.5 Å². The van der Waals surface area contributed by atoms with E-state index in [2.05, 4.69) is 15.2 Å². The molecule has 0 unspecified atom stereocenters. The van der Waals surface area contributed by atoms with Gasteiger partial charge in [0, 0.05) is 5.39 Å². The molecule has 0 saturated heterocycles. The van der Waals surface area contributed by atoms with Crippen LogP contribution in [0.2, 0.25) is 0 Å². The van der Waals surface area contributed by atoms with Crippen molar-refractivity contribution in [3.63, 3.8) is 0 Å². The van der Waals surface area contributed by atoms with Gasteiger partial charge in [-0.25, -0.2) is 13.6 Å². The van der Waals surface area contributed by atoms with Gasteiger partial charge in [0.1, 0.15) is 4.90 Å². The molecule has 0 spiro atoms. The number of fused-ring (bicyclic) bond motifs is 1. The molecule has 37 heavy (non-hydrogen) atoms. The Bertz CT molecular complexity index is 1740. The third-order valence-corrected chi connectivity index (χ3v) is 7.00. The summed E-state index contributed by atoms with van der Waals surface area (Å²) in [4.78, 5) is 1.43. The maximum atomic E-state index is 13.2. The number of hydrogen-bond acceptors (Lipinski definition) is 11. The van der Waals surface area contributed by atoms with Gasteiger partial charge < -0.3 is 10.2 Å². The average molecular weight is 589 g/mol. The van der Waals surface area contributed by atoms with Crippen LogP contribution >= 0.6 is 0 Å². The van der Waals surface area contributed by atoms with Crippen molar-refractivity contribution in [1.82, 2.24) is 0 Å². The van der Waals surface area contributed by atoms with E-state index >= 15 is 0 Å². The Morgan fingerprint density at radius 3 is 1.89 bits per heavy atom. The molecule has 0 saturated carbocycles. The van der Waals surface area contributed by atoms with E-state index in [1.807, 2.05) is 0 Å². The number of azo groups is 1. The minimum atomic E-state index is -5.12. The van der Waals surface area contributed by atoms with Crippen LogP contribution in [0.15, 0.2) is 72.4 Å². The Balaban J connectivity index is 0.00000342. The van der Waals surface area contributed by atoms with Gasteiger partial charge in [-0.05, 0) is 60.7 Å². The van der Waals surface area contributed by atoms with Crippen LogP contribution in [0.3, 0.4) is 0 Å². The van der Waals surface area contributed by atoms with Crippen LogP contribution in [0.25, 0.3) is 10.8 Å². The van der Waals surface area contributed by atoms with E-state index in [-0.39, 0.29) is 69.7 Å². The Labute approximate surface area is 255 Å². The maximum absolute atomic E-state index is 13.2. The summed E-state index contributed by atoms with van der Waals surface area (Å²) in [5.41, 5.74) is -1.45. The van der Waals surface area contributed by atoms with Crippen LogP contribution in [0, 0.1) is 0 Å². The van der Waals surface area contributed by atoms with E-state index in [0.717, 1.165) is 43.3 Å². The summed E-state index contributed by atoms with van der Waals surface area (Å²) in [5, 5.41) is 36.1. The van der Waals surface area contributed by atoms with Gasteiger partial charge in [0.05, 0.1) is 26.9 Å². The molecule has 0 bridgehead atoms. The van der Waals surface area contributed by atoms with Gasteiger partial charge in [-0.15, -0.1) is 5.11 Å². The fourth-order valence-electron chi connectivity index (χ4n) is 2.93. The van der Waals surface area contributed by atoms with E-state index < -0.39 is 73.8 Å². The molecule has 3 aromatic rings. The van der Waals surface area contributed by atoms with Crippen LogP contribution < -0.4 is 74.5 Å². The normalized spacial score (nSPS) is 12.8. The van der Waals surface area contributed by atoms with E-state index in [9.17, 15) is 44.6 Å². The predicted octanol–water partition coefficient (Wildman–Crippen LogP) is -5.11. The quantitative estimate of drug-likeness (QED) is 0.0811. The van der Waals surface area contributed by atoms with Crippen LogP contribution in [0.4, 0.5) is 17.1 Å². The first-order chi connectivity index (χ1) is 16.0. The fraction of sp³-hybridized carbons (Fsp3) is 0.0556. The van der Waals surface area contributed by atoms with Crippen molar-refractivity contribution < 1.29 is 104 Å². The zero-order valence-corrected chi connectivity index (χ0v) is 25.8. The number of sulfonamides is 1. The molecule has 0 aromatic heterocycles. The van der Waals surface area contributed by atoms with Crippen molar-refractivity contribution in [1.29, 1.82) is 0 Å². The largest absolute Gasteiger partial charge is 1.00 e. The first-order valence-electron chi connectivity index (χ1n) is 9.02. The third-order valence-electron chi connectivity index (χ3n) is 4.37. The van der Waals surface area contributed by atoms with Crippen LogP contribution in [0.1, 0.15) is 6.92 Å². The predicted molar refractivity (Wildman–Crippen MR) is 118 cm³/mol. The molecule has 0 amide bonds. The molecule has 0 atom stereocenters. The van der Waals surface area contributed by atoms with Crippen molar-refractivity contribution in [2.24, 2.45) is 20.4 Å². The molecule has 19 heteroatoms. The number of aliphatic imine (C=N–C) groups is 1. The standard InChI is InChI=1S/C18H16N4O10S3.2Na/c1-9(23)20-14-8-13(34(27,28)29)6-10-7-15(35(30,31)32)17(18(24)16(10)14)22-21-11-2-4-12(5-3-11)33(19,25)26;;/h2-8,24H,1H3,(H,20,23)(H2,19,25,26)(H,27,28,29)(H,30,31,32);;/q;2*+1/p-2. The van der Waals surface area contributed by atoms with E-state index in [0.29, 0.717) is 6.07 Å². The summed E-state index contributed by atoms with van der Waals surface area (Å²) < 4.78 is 88.8. The minimum absolute atomic E-state index is 0. The Hall–Kier alpha value is -1.48. The first-order valence-corrected chi connectivity index (χ1v) is 13.4. The molecule has 0 heterocycles. The molecule has 4 N–H and O–H groups in total. The van der Waals surface area contributed by atoms with Crippen molar-refractivity contribution in [3.8, 4) is 5.75 Å². The Morgan fingerprint density at radius 1 is 0.865 bits per heavy atom. The zero-order valence-electron chi connectivity index (χ0n) is 19.3. The number of nitrogens with two attached hydrogens (primary N) is 1. The first kappa shape index (κ1) is 33.5. The van der Waals surface area contributed by atoms with Gasteiger partial charge >= 0.3 is 59.1 Å². The number of rotatable bonds is 6. The summed E-state index contributed by atoms with van der Waals surface area (Å²) in [6.45, 7) is 0.995. The molecule has 0 aliphatic rings. The summed E-state index contributed by atoms with van der Waals surface area (Å²) in [6.07, 6.45) is 0. The molecule has 3 aromatic carbocycles. The number of hydrogen-bond donors (Lipinski definition) is 3. The second-order valence-electron chi connectivity index (χ2n) is 6.91. The molecule has 14 nitrogen and oxygen atoms in total. The van der Waals surface area contributed by atoms with Crippen LogP contribution in [-0.2, 0) is 30.3 Å². The van der Waals surface area contributed by atoms with E-state index in [1.165, 1.54) is 0 Å². The number of benzene rings is 3. The van der Waals surface area contributed by atoms with Gasteiger partial charge in [0.2, 0.25) is 10.0 Å². The van der Waals surface area contributed by atoms with Gasteiger partial charge in [0.25, 0.3) is 20.2 Å². The van der Waals surface area contributed by atoms with E-state index in [4.69, 9.17) is 5.14 Å². The average Bonchev–Trinajstić information content (AvgIpc) is 2.70. The van der Waals surface area contributed by atoms with Gasteiger partial charge in [-0.2, -0.15) is 21.9 Å². The SMILES string of the molecule is CC([O-])=Nc1cc(S(=O)(=O)O)cc2cc(S(=O)(=O)O)c(N=Nc3ccc(S(N)(=O)=O)cc3)c([O-])c12.[Na+].[Na+]. The Morgan fingerprint density at radius 2 is 1.43 bits per heavy atom. The Kier molecular flexibility index (Phi) is 11.0.